The van der Waals surface area contributed by atoms with E-state index in [0.29, 0.717) is 12.8 Å². The third-order valence-corrected chi connectivity index (χ3v) is 12.9. The van der Waals surface area contributed by atoms with Crippen LogP contribution in [0.1, 0.15) is 141 Å². The van der Waals surface area contributed by atoms with E-state index < -0.39 is 22.2 Å². The van der Waals surface area contributed by atoms with Crippen molar-refractivity contribution in [2.45, 2.75) is 159 Å². The summed E-state index contributed by atoms with van der Waals surface area (Å²) in [5, 5.41) is 9.50. The molecule has 0 aromatic rings. The number of carbonyl (C=O) groups excluding carboxylic acids is 3. The Balaban J connectivity index is 1.77. The van der Waals surface area contributed by atoms with Crippen LogP contribution in [0.4, 0.5) is 0 Å². The molecule has 4 fully saturated rings. The summed E-state index contributed by atoms with van der Waals surface area (Å²) >= 11 is 0. The Hall–Kier alpha value is -2.12. The Bertz CT molecular complexity index is 1200. The monoisotopic (exact) mass is 660 g/mol. The fourth-order valence-corrected chi connectivity index (χ4v) is 9.97. The van der Waals surface area contributed by atoms with Crippen molar-refractivity contribution in [2.24, 2.45) is 62.6 Å². The van der Waals surface area contributed by atoms with Gasteiger partial charge in [-0.3, -0.25) is 19.2 Å². The van der Waals surface area contributed by atoms with Crippen molar-refractivity contribution in [1.29, 1.82) is 0 Å². The van der Waals surface area contributed by atoms with E-state index in [-0.39, 0.29) is 89.0 Å². The van der Waals surface area contributed by atoms with Crippen LogP contribution in [0.3, 0.4) is 0 Å². The van der Waals surface area contributed by atoms with Crippen molar-refractivity contribution >= 4 is 23.9 Å². The predicted molar refractivity (Wildman–Crippen MR) is 180 cm³/mol. The molecule has 0 heterocycles. The molecule has 0 spiro atoms. The van der Waals surface area contributed by atoms with Gasteiger partial charge in [0.05, 0.1) is 16.2 Å². The number of esters is 3. The number of hydrogen-bond donors (Lipinski definition) is 1. The number of carboxylic acids is 1. The Kier molecular flexibility index (Phi) is 10.4. The third kappa shape index (κ3) is 7.41. The Morgan fingerprint density at radius 1 is 0.745 bits per heavy atom. The summed E-state index contributed by atoms with van der Waals surface area (Å²) in [6.45, 7) is 23.8. The van der Waals surface area contributed by atoms with Crippen LogP contribution in [0, 0.1) is 62.6 Å². The van der Waals surface area contributed by atoms with Crippen molar-refractivity contribution in [2.75, 3.05) is 0 Å². The molecule has 0 aromatic carbocycles. The van der Waals surface area contributed by atoms with Gasteiger partial charge in [0.25, 0.3) is 0 Å². The molecule has 11 atom stereocenters. The minimum absolute atomic E-state index is 0.0966. The molecule has 8 heteroatoms. The minimum atomic E-state index is -0.792. The molecule has 0 bridgehead atoms. The standard InChI is InChI=1S/C39H64O8/c1-22(13-16-30(40)41)25-14-15-26-31-27(21-29(39(25,26)12)47-34(44)37(8,9)10)38(11)18-17-24(45-32(42)35(2,3)4)19-23(38)20-28(31)46-33(43)36(5,6)7/h22-29,31H,13-21H2,1-12H3,(H,40,41)/t22-,23+,24-,25-,26+,27+,28-,29+,31+,38+,39-/m1/s1. The van der Waals surface area contributed by atoms with Gasteiger partial charge in [-0.1, -0.05) is 20.8 Å². The van der Waals surface area contributed by atoms with Gasteiger partial charge < -0.3 is 19.3 Å². The zero-order valence-electron chi connectivity index (χ0n) is 31.4. The topological polar surface area (TPSA) is 116 Å². The van der Waals surface area contributed by atoms with Gasteiger partial charge in [0.2, 0.25) is 0 Å². The molecule has 4 aliphatic rings. The summed E-state index contributed by atoms with van der Waals surface area (Å²) < 4.78 is 19.2. The van der Waals surface area contributed by atoms with Crippen LogP contribution in [0.15, 0.2) is 0 Å². The number of hydrogen-bond acceptors (Lipinski definition) is 7. The van der Waals surface area contributed by atoms with E-state index in [4.69, 9.17) is 14.2 Å². The van der Waals surface area contributed by atoms with Crippen LogP contribution in [0.2, 0.25) is 0 Å². The van der Waals surface area contributed by atoms with E-state index in [0.717, 1.165) is 38.5 Å². The summed E-state index contributed by atoms with van der Waals surface area (Å²) in [5.41, 5.74) is -2.37. The van der Waals surface area contributed by atoms with E-state index in [1.165, 1.54) is 0 Å². The number of fused-ring (bicyclic) bond motifs is 5. The smallest absolute Gasteiger partial charge is 0.311 e. The summed E-state index contributed by atoms with van der Waals surface area (Å²) in [6.07, 6.45) is 5.57. The molecule has 0 amide bonds. The number of ether oxygens (including phenoxy) is 3. The largest absolute Gasteiger partial charge is 0.481 e. The number of carbonyl (C=O) groups is 4. The lowest BCUT2D eigenvalue weighted by atomic mass is 9.43. The van der Waals surface area contributed by atoms with Crippen LogP contribution in [0.5, 0.6) is 0 Å². The number of carboxylic acid groups (broad SMARTS) is 1. The first-order chi connectivity index (χ1) is 21.4. The number of aliphatic carboxylic acids is 1. The van der Waals surface area contributed by atoms with E-state index in [1.54, 1.807) is 0 Å². The van der Waals surface area contributed by atoms with Gasteiger partial charge in [-0.15, -0.1) is 0 Å². The molecule has 8 nitrogen and oxygen atoms in total. The second kappa shape index (κ2) is 13.0. The van der Waals surface area contributed by atoms with Crippen molar-refractivity contribution < 1.29 is 38.5 Å². The molecular formula is C39H64O8. The molecule has 0 unspecified atom stereocenters. The third-order valence-electron chi connectivity index (χ3n) is 12.9. The van der Waals surface area contributed by atoms with Gasteiger partial charge in [0, 0.05) is 17.8 Å². The molecule has 1 N–H and O–H groups in total. The lowest BCUT2D eigenvalue weighted by molar-refractivity contribution is -0.230. The van der Waals surface area contributed by atoms with Gasteiger partial charge in [0.15, 0.2) is 0 Å². The highest BCUT2D eigenvalue weighted by molar-refractivity contribution is 5.76. The Labute approximate surface area is 283 Å². The van der Waals surface area contributed by atoms with E-state index in [1.807, 2.05) is 62.3 Å². The normalized spacial score (nSPS) is 37.9. The van der Waals surface area contributed by atoms with E-state index in [2.05, 4.69) is 20.8 Å². The van der Waals surface area contributed by atoms with Crippen molar-refractivity contribution in [1.82, 2.24) is 0 Å². The number of rotatable bonds is 7. The fraction of sp³-hybridized carbons (Fsp3) is 0.897. The molecule has 268 valence electrons. The lowest BCUT2D eigenvalue weighted by Crippen LogP contribution is -2.64. The van der Waals surface area contributed by atoms with Crippen molar-refractivity contribution in [3.05, 3.63) is 0 Å². The summed E-state index contributed by atoms with van der Waals surface area (Å²) in [4.78, 5) is 51.6. The molecule has 4 saturated carbocycles. The molecule has 0 saturated heterocycles. The second-order valence-corrected chi connectivity index (χ2v) is 19.3. The first-order valence-corrected chi connectivity index (χ1v) is 18.3. The van der Waals surface area contributed by atoms with Crippen LogP contribution in [-0.4, -0.2) is 47.3 Å². The van der Waals surface area contributed by atoms with E-state index >= 15 is 0 Å². The fourth-order valence-electron chi connectivity index (χ4n) is 9.97. The summed E-state index contributed by atoms with van der Waals surface area (Å²) in [6, 6.07) is 0. The van der Waals surface area contributed by atoms with Crippen LogP contribution in [-0.2, 0) is 33.4 Å². The van der Waals surface area contributed by atoms with Crippen molar-refractivity contribution in [3.8, 4) is 0 Å². The van der Waals surface area contributed by atoms with Gasteiger partial charge in [-0.2, -0.15) is 0 Å². The predicted octanol–water partition coefficient (Wildman–Crippen LogP) is 8.24. The summed E-state index contributed by atoms with van der Waals surface area (Å²) in [5.74, 6) is -0.477. The quantitative estimate of drug-likeness (QED) is 0.214. The maximum absolute atomic E-state index is 13.6. The highest BCUT2D eigenvalue weighted by Gasteiger charge is 2.68. The van der Waals surface area contributed by atoms with Crippen LogP contribution in [0.25, 0.3) is 0 Å². The SMILES string of the molecule is C[C@H](CCC(=O)O)[C@H]1CC[C@H]2[C@@H]3[C@H](OC(=O)C(C)(C)C)C[C@@H]4C[C@H](OC(=O)C(C)(C)C)CC[C@]4(C)[C@H]3C[C@H](OC(=O)C(C)(C)C)[C@]12C. The molecule has 0 aliphatic heterocycles. The molecule has 0 radical (unpaired) electrons. The molecule has 47 heavy (non-hydrogen) atoms. The highest BCUT2D eigenvalue weighted by Crippen LogP contribution is 2.69. The van der Waals surface area contributed by atoms with Gasteiger partial charge in [-0.05, 0) is 149 Å². The molecule has 0 aromatic heterocycles. The first-order valence-electron chi connectivity index (χ1n) is 18.3. The average molecular weight is 661 g/mol. The maximum Gasteiger partial charge on any atom is 0.311 e. The van der Waals surface area contributed by atoms with Gasteiger partial charge in [0.1, 0.15) is 18.3 Å². The van der Waals surface area contributed by atoms with E-state index in [9.17, 15) is 24.3 Å². The minimum Gasteiger partial charge on any atom is -0.481 e. The average Bonchev–Trinajstić information content (AvgIpc) is 3.29. The molecular weight excluding hydrogens is 596 g/mol. The van der Waals surface area contributed by atoms with Gasteiger partial charge >= 0.3 is 23.9 Å². The highest BCUT2D eigenvalue weighted by atomic mass is 16.6. The zero-order chi connectivity index (χ0) is 35.5. The summed E-state index contributed by atoms with van der Waals surface area (Å²) in [7, 11) is 0. The lowest BCUT2D eigenvalue weighted by Gasteiger charge is -2.64. The Morgan fingerprint density at radius 2 is 1.30 bits per heavy atom. The second-order valence-electron chi connectivity index (χ2n) is 19.3. The van der Waals surface area contributed by atoms with Crippen LogP contribution >= 0.6 is 0 Å². The zero-order valence-corrected chi connectivity index (χ0v) is 31.4. The van der Waals surface area contributed by atoms with Crippen LogP contribution < -0.4 is 0 Å². The van der Waals surface area contributed by atoms with Gasteiger partial charge in [-0.25, -0.2) is 0 Å². The first kappa shape index (κ1) is 37.7. The van der Waals surface area contributed by atoms with Crippen molar-refractivity contribution in [3.63, 3.8) is 0 Å². The molecule has 4 rings (SSSR count). The Morgan fingerprint density at radius 3 is 1.85 bits per heavy atom. The molecule has 4 aliphatic carbocycles. The maximum atomic E-state index is 13.6.